The van der Waals surface area contributed by atoms with Crippen molar-refractivity contribution in [3.05, 3.63) is 181 Å². The first kappa shape index (κ1) is 28.8. The second-order valence-electron chi connectivity index (χ2n) is 11.5. The molecular formula is C44H28N4. The van der Waals surface area contributed by atoms with Crippen molar-refractivity contribution in [1.29, 1.82) is 0 Å². The summed E-state index contributed by atoms with van der Waals surface area (Å²) < 4.78 is 0. The Kier molecular flexibility index (Phi) is 7.54. The van der Waals surface area contributed by atoms with Crippen molar-refractivity contribution in [3.8, 4) is 67.5 Å². The summed E-state index contributed by atoms with van der Waals surface area (Å²) in [5, 5.41) is 2.37. The largest absolute Gasteiger partial charge is 0.238 e. The van der Waals surface area contributed by atoms with Crippen molar-refractivity contribution < 1.29 is 0 Å². The Morgan fingerprint density at radius 2 is 0.667 bits per heavy atom. The number of nitrogens with zero attached hydrogens (tertiary/aromatic N) is 4. The van der Waals surface area contributed by atoms with E-state index >= 15 is 0 Å². The minimum Gasteiger partial charge on any atom is -0.238 e. The van der Waals surface area contributed by atoms with Gasteiger partial charge in [0.05, 0.1) is 6.57 Å². The molecule has 8 aromatic rings. The number of aromatic nitrogens is 3. The summed E-state index contributed by atoms with van der Waals surface area (Å²) in [5.41, 5.74) is 10.1. The Labute approximate surface area is 279 Å². The highest BCUT2D eigenvalue weighted by Gasteiger charge is 2.14. The summed E-state index contributed by atoms with van der Waals surface area (Å²) in [6.07, 6.45) is 0. The van der Waals surface area contributed by atoms with E-state index in [0.29, 0.717) is 23.2 Å². The van der Waals surface area contributed by atoms with Crippen molar-refractivity contribution in [2.24, 2.45) is 0 Å². The van der Waals surface area contributed by atoms with Gasteiger partial charge in [0.15, 0.2) is 23.2 Å². The van der Waals surface area contributed by atoms with E-state index in [2.05, 4.69) is 89.8 Å². The van der Waals surface area contributed by atoms with Crippen LogP contribution in [-0.2, 0) is 0 Å². The summed E-state index contributed by atoms with van der Waals surface area (Å²) in [4.78, 5) is 18.3. The Hall–Kier alpha value is -6.70. The molecule has 0 unspecified atom stereocenters. The van der Waals surface area contributed by atoms with Crippen molar-refractivity contribution in [2.45, 2.75) is 0 Å². The number of hydrogen-bond donors (Lipinski definition) is 0. The van der Waals surface area contributed by atoms with Crippen LogP contribution in [-0.4, -0.2) is 15.0 Å². The standard InChI is InChI=1S/C44H28N4/c1-45-41-21-9-8-16-38(41)32-24-22-30(23-25-32)36-17-10-20-40-37(18-11-19-39(36)40)31-26-28-35(29-27-31)44-47-42(33-12-4-2-5-13-33)46-43(48-44)34-14-6-3-7-15-34/h2-29H. The van der Waals surface area contributed by atoms with E-state index in [1.54, 1.807) is 0 Å². The second-order valence-corrected chi connectivity index (χ2v) is 11.5. The molecule has 4 heteroatoms. The van der Waals surface area contributed by atoms with Crippen LogP contribution in [0.15, 0.2) is 170 Å². The predicted molar refractivity (Wildman–Crippen MR) is 196 cm³/mol. The highest BCUT2D eigenvalue weighted by molar-refractivity contribution is 6.04. The van der Waals surface area contributed by atoms with Crippen LogP contribution < -0.4 is 0 Å². The maximum absolute atomic E-state index is 7.55. The lowest BCUT2D eigenvalue weighted by Gasteiger charge is -2.13. The monoisotopic (exact) mass is 612 g/mol. The van der Waals surface area contributed by atoms with Crippen LogP contribution in [0.2, 0.25) is 0 Å². The first-order valence-corrected chi connectivity index (χ1v) is 15.8. The van der Waals surface area contributed by atoms with Crippen LogP contribution in [0.4, 0.5) is 5.69 Å². The SMILES string of the molecule is [C-]#[N+]c1ccccc1-c1ccc(-c2cccc3c(-c4ccc(-c5nc(-c6ccccc6)nc(-c6ccccc6)n5)cc4)cccc23)cc1. The third kappa shape index (κ3) is 5.51. The first-order valence-electron chi connectivity index (χ1n) is 15.8. The molecule has 7 aromatic carbocycles. The van der Waals surface area contributed by atoms with E-state index in [-0.39, 0.29) is 0 Å². The third-order valence-corrected chi connectivity index (χ3v) is 8.61. The average Bonchev–Trinajstić information content (AvgIpc) is 3.18. The highest BCUT2D eigenvalue weighted by Crippen LogP contribution is 2.37. The molecule has 0 fully saturated rings. The molecule has 1 heterocycles. The molecule has 0 aliphatic rings. The maximum atomic E-state index is 7.55. The Bertz CT molecular complexity index is 2370. The number of rotatable bonds is 6. The van der Waals surface area contributed by atoms with Gasteiger partial charge in [-0.05, 0) is 44.2 Å². The van der Waals surface area contributed by atoms with E-state index in [1.807, 2.05) is 84.9 Å². The molecule has 48 heavy (non-hydrogen) atoms. The zero-order chi connectivity index (χ0) is 32.3. The van der Waals surface area contributed by atoms with Gasteiger partial charge >= 0.3 is 0 Å². The van der Waals surface area contributed by atoms with Gasteiger partial charge in [0, 0.05) is 16.7 Å². The van der Waals surface area contributed by atoms with Gasteiger partial charge < -0.3 is 0 Å². The van der Waals surface area contributed by atoms with Gasteiger partial charge in [0.25, 0.3) is 0 Å². The van der Waals surface area contributed by atoms with Crippen LogP contribution in [0, 0.1) is 6.57 Å². The van der Waals surface area contributed by atoms with Gasteiger partial charge in [-0.1, -0.05) is 170 Å². The molecule has 0 saturated carbocycles. The quantitative estimate of drug-likeness (QED) is 0.175. The summed E-state index contributed by atoms with van der Waals surface area (Å²) in [7, 11) is 0. The summed E-state index contributed by atoms with van der Waals surface area (Å²) in [6, 6.07) is 57.8. The third-order valence-electron chi connectivity index (χ3n) is 8.61. The van der Waals surface area contributed by atoms with Gasteiger partial charge in [-0.15, -0.1) is 0 Å². The molecule has 4 nitrogen and oxygen atoms in total. The second kappa shape index (κ2) is 12.6. The van der Waals surface area contributed by atoms with Gasteiger partial charge in [0.2, 0.25) is 0 Å². The summed E-state index contributed by atoms with van der Waals surface area (Å²) >= 11 is 0. The van der Waals surface area contributed by atoms with E-state index in [9.17, 15) is 0 Å². The van der Waals surface area contributed by atoms with E-state index in [4.69, 9.17) is 21.5 Å². The van der Waals surface area contributed by atoms with Crippen LogP contribution >= 0.6 is 0 Å². The van der Waals surface area contributed by atoms with Gasteiger partial charge in [0.1, 0.15) is 0 Å². The van der Waals surface area contributed by atoms with Gasteiger partial charge in [-0.2, -0.15) is 0 Å². The minimum atomic E-state index is 0.636. The fraction of sp³-hybridized carbons (Fsp3) is 0. The van der Waals surface area contributed by atoms with Crippen LogP contribution in [0.3, 0.4) is 0 Å². The van der Waals surface area contributed by atoms with Crippen molar-refractivity contribution >= 4 is 16.5 Å². The molecule has 1 aromatic heterocycles. The molecule has 0 aliphatic heterocycles. The minimum absolute atomic E-state index is 0.636. The zero-order valence-corrected chi connectivity index (χ0v) is 26.0. The Balaban J connectivity index is 1.15. The van der Waals surface area contributed by atoms with Crippen molar-refractivity contribution in [3.63, 3.8) is 0 Å². The molecule has 224 valence electrons. The van der Waals surface area contributed by atoms with E-state index in [0.717, 1.165) is 44.5 Å². The molecule has 0 bridgehead atoms. The van der Waals surface area contributed by atoms with Crippen LogP contribution in [0.1, 0.15) is 0 Å². The average molecular weight is 613 g/mol. The fourth-order valence-electron chi connectivity index (χ4n) is 6.19. The molecule has 0 saturated heterocycles. The van der Waals surface area contributed by atoms with Crippen molar-refractivity contribution in [1.82, 2.24) is 15.0 Å². The summed E-state index contributed by atoms with van der Waals surface area (Å²) in [5.74, 6) is 1.93. The smallest absolute Gasteiger partial charge is 0.194 e. The maximum Gasteiger partial charge on any atom is 0.194 e. The Morgan fingerprint density at radius 3 is 1.12 bits per heavy atom. The van der Waals surface area contributed by atoms with Crippen LogP contribution in [0.25, 0.3) is 83.2 Å². The zero-order valence-electron chi connectivity index (χ0n) is 26.0. The molecule has 0 amide bonds. The lowest BCUT2D eigenvalue weighted by Crippen LogP contribution is -2.00. The molecule has 0 spiro atoms. The summed E-state index contributed by atoms with van der Waals surface area (Å²) in [6.45, 7) is 7.55. The molecular weight excluding hydrogens is 585 g/mol. The highest BCUT2D eigenvalue weighted by atomic mass is 15.0. The molecule has 0 aliphatic carbocycles. The molecule has 8 rings (SSSR count). The number of hydrogen-bond acceptors (Lipinski definition) is 3. The predicted octanol–water partition coefficient (Wildman–Crippen LogP) is 11.6. The Morgan fingerprint density at radius 1 is 0.312 bits per heavy atom. The van der Waals surface area contributed by atoms with Crippen molar-refractivity contribution in [2.75, 3.05) is 0 Å². The van der Waals surface area contributed by atoms with E-state index in [1.165, 1.54) is 16.3 Å². The van der Waals surface area contributed by atoms with Crippen LogP contribution in [0.5, 0.6) is 0 Å². The normalized spacial score (nSPS) is 10.9. The first-order chi connectivity index (χ1) is 23.7. The number of para-hydroxylation sites is 1. The topological polar surface area (TPSA) is 43.0 Å². The molecule has 0 atom stereocenters. The van der Waals surface area contributed by atoms with E-state index < -0.39 is 0 Å². The van der Waals surface area contributed by atoms with Gasteiger partial charge in [-0.3, -0.25) is 0 Å². The van der Waals surface area contributed by atoms with Gasteiger partial charge in [-0.25, -0.2) is 19.8 Å². The molecule has 0 radical (unpaired) electrons. The number of benzene rings is 7. The number of fused-ring (bicyclic) bond motifs is 1. The lowest BCUT2D eigenvalue weighted by atomic mass is 9.92. The molecule has 0 N–H and O–H groups in total. The fourth-order valence-corrected chi connectivity index (χ4v) is 6.19. The lowest BCUT2D eigenvalue weighted by molar-refractivity contribution is 1.07.